The summed E-state index contributed by atoms with van der Waals surface area (Å²) in [5.74, 6) is -3.12. The van der Waals surface area contributed by atoms with Gasteiger partial charge in [0.15, 0.2) is 6.61 Å². The second kappa shape index (κ2) is 15.4. The number of hydrogen-bond acceptors (Lipinski definition) is 9. The molecule has 2 atom stereocenters. The number of benzene rings is 1. The van der Waals surface area contributed by atoms with Crippen LogP contribution in [0.25, 0.3) is 10.9 Å². The zero-order chi connectivity index (χ0) is 33.4. The molecule has 15 heteroatoms. The van der Waals surface area contributed by atoms with Gasteiger partial charge in [-0.15, -0.1) is 0 Å². The van der Waals surface area contributed by atoms with Crippen molar-refractivity contribution in [3.8, 4) is 5.75 Å². The monoisotopic (exact) mass is 640 g/mol. The smallest absolute Gasteiger partial charge is 0.409 e. The van der Waals surface area contributed by atoms with E-state index in [1.807, 2.05) is 13.0 Å². The average Bonchev–Trinajstić information content (AvgIpc) is 3.53. The SMILES string of the molecule is CCNC(=O)[C@@H]1CCCN1C(=O)COc1cc(C(=O)N[C@@H](CC(=O)O)C(=O)N2CCN(C(=O)OCC)CC2)nc2cc(C)ccc12. The zero-order valence-corrected chi connectivity index (χ0v) is 26.2. The number of nitrogens with one attached hydrogen (secondary N) is 2. The first kappa shape index (κ1) is 33.9. The number of aromatic nitrogens is 1. The Morgan fingerprint density at radius 2 is 1.74 bits per heavy atom. The van der Waals surface area contributed by atoms with Crippen LogP contribution in [0, 0.1) is 6.92 Å². The molecule has 248 valence electrons. The van der Waals surface area contributed by atoms with Gasteiger partial charge in [-0.05, 0) is 51.3 Å². The highest BCUT2D eigenvalue weighted by molar-refractivity contribution is 6.00. The van der Waals surface area contributed by atoms with Crippen molar-refractivity contribution in [1.82, 2.24) is 30.3 Å². The second-order valence-corrected chi connectivity index (χ2v) is 11.1. The number of amides is 5. The van der Waals surface area contributed by atoms with E-state index in [0.717, 1.165) is 5.56 Å². The Hall–Kier alpha value is -4.95. The average molecular weight is 641 g/mol. The third-order valence-electron chi connectivity index (χ3n) is 7.84. The second-order valence-electron chi connectivity index (χ2n) is 11.1. The Morgan fingerprint density at radius 1 is 1.02 bits per heavy atom. The maximum atomic E-state index is 13.5. The largest absolute Gasteiger partial charge is 0.483 e. The minimum absolute atomic E-state index is 0.140. The van der Waals surface area contributed by atoms with E-state index in [9.17, 15) is 33.9 Å². The maximum absolute atomic E-state index is 13.5. The number of likely N-dealkylation sites (tertiary alicyclic amines) is 1. The van der Waals surface area contributed by atoms with Crippen LogP contribution in [0.1, 0.15) is 49.2 Å². The van der Waals surface area contributed by atoms with Crippen molar-refractivity contribution in [3.63, 3.8) is 0 Å². The quantitative estimate of drug-likeness (QED) is 0.319. The fraction of sp³-hybridized carbons (Fsp3) is 0.516. The van der Waals surface area contributed by atoms with Gasteiger partial charge >= 0.3 is 12.1 Å². The van der Waals surface area contributed by atoms with Gasteiger partial charge in [-0.2, -0.15) is 0 Å². The Morgan fingerprint density at radius 3 is 2.41 bits per heavy atom. The van der Waals surface area contributed by atoms with E-state index in [4.69, 9.17) is 9.47 Å². The molecule has 4 rings (SSSR count). The summed E-state index contributed by atoms with van der Waals surface area (Å²) < 4.78 is 10.9. The first-order valence-corrected chi connectivity index (χ1v) is 15.4. The van der Waals surface area contributed by atoms with E-state index < -0.39 is 42.4 Å². The molecule has 1 aromatic heterocycles. The highest BCUT2D eigenvalue weighted by Crippen LogP contribution is 2.27. The zero-order valence-electron chi connectivity index (χ0n) is 26.2. The van der Waals surface area contributed by atoms with Crippen molar-refractivity contribution in [1.29, 1.82) is 0 Å². The number of carboxylic acid groups (broad SMARTS) is 1. The van der Waals surface area contributed by atoms with Crippen LogP contribution in [0.2, 0.25) is 0 Å². The van der Waals surface area contributed by atoms with Crippen LogP contribution in [-0.4, -0.2) is 125 Å². The predicted octanol–water partition coefficient (Wildman–Crippen LogP) is 0.923. The number of pyridine rings is 1. The molecule has 2 aromatic rings. The normalized spacial score (nSPS) is 16.9. The molecule has 0 saturated carbocycles. The molecule has 2 aliphatic rings. The van der Waals surface area contributed by atoms with Gasteiger partial charge < -0.3 is 39.9 Å². The minimum atomic E-state index is -1.40. The van der Waals surface area contributed by atoms with Crippen LogP contribution in [0.5, 0.6) is 5.75 Å². The number of fused-ring (bicyclic) bond motifs is 1. The lowest BCUT2D eigenvalue weighted by molar-refractivity contribution is -0.143. The number of hydrogen-bond donors (Lipinski definition) is 3. The van der Waals surface area contributed by atoms with Gasteiger partial charge in [0.1, 0.15) is 23.5 Å². The molecular formula is C31H40N6O9. The van der Waals surface area contributed by atoms with Gasteiger partial charge in [-0.1, -0.05) is 6.07 Å². The number of likely N-dealkylation sites (N-methyl/N-ethyl adjacent to an activating group) is 1. The first-order chi connectivity index (χ1) is 22.0. The standard InChI is InChI=1S/C31H40N6O9/c1-4-32-29(42)24-7-6-10-37(24)26(38)18-46-25-16-22(33-21-15-19(3)8-9-20(21)25)28(41)34-23(17-27(39)40)30(43)35-11-13-36(14-12-35)31(44)45-5-2/h8-9,15-16,23-24H,4-7,10-14,17-18H2,1-3H3,(H,32,42)(H,34,41)(H,39,40)/t23-,24-/m0/s1. The van der Waals surface area contributed by atoms with Crippen LogP contribution in [-0.2, 0) is 23.9 Å². The summed E-state index contributed by atoms with van der Waals surface area (Å²) in [6, 6.07) is 4.67. The van der Waals surface area contributed by atoms with Gasteiger partial charge in [0.05, 0.1) is 18.5 Å². The number of carbonyl (C=O) groups excluding carboxylic acids is 5. The molecule has 2 aliphatic heterocycles. The van der Waals surface area contributed by atoms with Gasteiger partial charge in [0.2, 0.25) is 11.8 Å². The molecule has 46 heavy (non-hydrogen) atoms. The molecule has 1 aromatic carbocycles. The van der Waals surface area contributed by atoms with Crippen LogP contribution in [0.3, 0.4) is 0 Å². The van der Waals surface area contributed by atoms with Crippen LogP contribution >= 0.6 is 0 Å². The van der Waals surface area contributed by atoms with Crippen molar-refractivity contribution >= 4 is 46.6 Å². The van der Waals surface area contributed by atoms with E-state index in [0.29, 0.717) is 36.8 Å². The molecule has 2 saturated heterocycles. The molecule has 2 fully saturated rings. The van der Waals surface area contributed by atoms with Crippen molar-refractivity contribution < 1.29 is 43.3 Å². The van der Waals surface area contributed by atoms with Gasteiger partial charge in [-0.25, -0.2) is 9.78 Å². The number of rotatable bonds is 11. The van der Waals surface area contributed by atoms with Crippen molar-refractivity contribution in [3.05, 3.63) is 35.5 Å². The lowest BCUT2D eigenvalue weighted by Crippen LogP contribution is -2.56. The summed E-state index contributed by atoms with van der Waals surface area (Å²) in [5, 5.41) is 15.3. The van der Waals surface area contributed by atoms with Gasteiger partial charge in [-0.3, -0.25) is 24.0 Å². The third-order valence-corrected chi connectivity index (χ3v) is 7.84. The van der Waals surface area contributed by atoms with Crippen LogP contribution in [0.4, 0.5) is 4.79 Å². The lowest BCUT2D eigenvalue weighted by atomic mass is 10.1. The fourth-order valence-corrected chi connectivity index (χ4v) is 5.55. The van der Waals surface area contributed by atoms with E-state index in [1.165, 1.54) is 20.8 Å². The van der Waals surface area contributed by atoms with Gasteiger partial charge in [0, 0.05) is 50.7 Å². The lowest BCUT2D eigenvalue weighted by Gasteiger charge is -2.35. The van der Waals surface area contributed by atoms with E-state index in [-0.39, 0.29) is 62.7 Å². The molecule has 0 unspecified atom stereocenters. The Labute approximate surface area is 266 Å². The number of ether oxygens (including phenoxy) is 2. The summed E-state index contributed by atoms with van der Waals surface area (Å²) in [5.41, 5.74) is 1.10. The van der Waals surface area contributed by atoms with Crippen molar-refractivity contribution in [2.45, 2.75) is 52.1 Å². The van der Waals surface area contributed by atoms with Gasteiger partial charge in [0.25, 0.3) is 11.8 Å². The van der Waals surface area contributed by atoms with Crippen molar-refractivity contribution in [2.75, 3.05) is 52.5 Å². The molecule has 0 bridgehead atoms. The highest BCUT2D eigenvalue weighted by atomic mass is 16.6. The number of aliphatic carboxylic acids is 1. The summed E-state index contributed by atoms with van der Waals surface area (Å²) in [6.07, 6.45) is 0.0728. The number of carboxylic acids is 1. The van der Waals surface area contributed by atoms with Crippen molar-refractivity contribution in [2.24, 2.45) is 0 Å². The maximum Gasteiger partial charge on any atom is 0.409 e. The Balaban J connectivity index is 1.51. The Kier molecular flexibility index (Phi) is 11.3. The molecular weight excluding hydrogens is 600 g/mol. The van der Waals surface area contributed by atoms with E-state index >= 15 is 0 Å². The van der Waals surface area contributed by atoms with E-state index in [2.05, 4.69) is 15.6 Å². The molecule has 0 spiro atoms. The third kappa shape index (κ3) is 8.20. The summed E-state index contributed by atoms with van der Waals surface area (Å²) >= 11 is 0. The number of piperazine rings is 1. The number of carbonyl (C=O) groups is 6. The summed E-state index contributed by atoms with van der Waals surface area (Å²) in [6.45, 7) is 6.72. The highest BCUT2D eigenvalue weighted by Gasteiger charge is 2.35. The number of aryl methyl sites for hydroxylation is 1. The topological polar surface area (TPSA) is 188 Å². The first-order valence-electron chi connectivity index (χ1n) is 15.4. The van der Waals surface area contributed by atoms with Crippen LogP contribution < -0.4 is 15.4 Å². The predicted molar refractivity (Wildman–Crippen MR) is 164 cm³/mol. The van der Waals surface area contributed by atoms with E-state index in [1.54, 1.807) is 26.0 Å². The fourth-order valence-electron chi connectivity index (χ4n) is 5.55. The molecule has 3 heterocycles. The minimum Gasteiger partial charge on any atom is -0.483 e. The molecule has 0 aliphatic carbocycles. The Bertz CT molecular complexity index is 1490. The summed E-state index contributed by atoms with van der Waals surface area (Å²) in [4.78, 5) is 84.8. The molecule has 3 N–H and O–H groups in total. The number of nitrogens with zero attached hydrogens (tertiary/aromatic N) is 4. The molecule has 0 radical (unpaired) electrons. The molecule has 15 nitrogen and oxygen atoms in total. The molecule has 5 amide bonds. The summed E-state index contributed by atoms with van der Waals surface area (Å²) in [7, 11) is 0. The van der Waals surface area contributed by atoms with Crippen LogP contribution in [0.15, 0.2) is 24.3 Å².